The first-order valence-electron chi connectivity index (χ1n) is 3.87. The summed E-state index contributed by atoms with van der Waals surface area (Å²) in [6, 6.07) is 0. The number of hydrogen-bond donors (Lipinski definition) is 0. The largest absolute Gasteiger partial charge is 0.320 e. The van der Waals surface area contributed by atoms with Gasteiger partial charge in [-0.05, 0) is 12.8 Å². The van der Waals surface area contributed by atoms with Gasteiger partial charge in [-0.25, -0.2) is 13.4 Å². The van der Waals surface area contributed by atoms with Crippen LogP contribution in [0.5, 0.6) is 0 Å². The van der Waals surface area contributed by atoms with Crippen LogP contribution < -0.4 is 0 Å². The number of sulfone groups is 1. The van der Waals surface area contributed by atoms with Gasteiger partial charge in [0.25, 0.3) is 0 Å². The molecule has 0 fully saturated rings. The molecule has 0 aromatic carbocycles. The van der Waals surface area contributed by atoms with Crippen molar-refractivity contribution in [2.24, 2.45) is 0 Å². The Morgan fingerprint density at radius 3 is 3.17 bits per heavy atom. The van der Waals surface area contributed by atoms with E-state index in [1.165, 1.54) is 0 Å². The molecular formula is C7H10N2O2S. The molecule has 0 amide bonds. The molecule has 12 heavy (non-hydrogen) atoms. The quantitative estimate of drug-likeness (QED) is 0.581. The third kappa shape index (κ3) is 1.36. The second-order valence-corrected chi connectivity index (χ2v) is 5.19. The molecule has 0 spiro atoms. The van der Waals surface area contributed by atoms with Crippen molar-refractivity contribution in [3.05, 3.63) is 18.2 Å². The molecule has 5 heteroatoms. The molecule has 0 bridgehead atoms. The molecule has 2 rings (SSSR count). The van der Waals surface area contributed by atoms with E-state index < -0.39 is 9.84 Å². The fourth-order valence-electron chi connectivity index (χ4n) is 1.42. The van der Waals surface area contributed by atoms with Crippen LogP contribution in [0.15, 0.2) is 12.5 Å². The van der Waals surface area contributed by atoms with E-state index >= 15 is 0 Å². The number of fused-ring (bicyclic) bond motifs is 1. The van der Waals surface area contributed by atoms with Gasteiger partial charge in [-0.3, -0.25) is 0 Å². The fraction of sp³-hybridized carbons (Fsp3) is 0.571. The number of aromatic nitrogens is 2. The summed E-state index contributed by atoms with van der Waals surface area (Å²) in [5.74, 6) is 0.400. The molecule has 1 aliphatic rings. The fourth-order valence-corrected chi connectivity index (χ4v) is 2.79. The topological polar surface area (TPSA) is 52.0 Å². The van der Waals surface area contributed by atoms with Crippen LogP contribution in [0.1, 0.15) is 12.1 Å². The Kier molecular flexibility index (Phi) is 1.68. The zero-order valence-corrected chi connectivity index (χ0v) is 7.42. The lowest BCUT2D eigenvalue weighted by atomic mass is 10.3. The molecule has 66 valence electrons. The maximum atomic E-state index is 11.3. The molecular weight excluding hydrogens is 176 g/mol. The standard InChI is InChI=1S/C7H10N2O2S/c10-12(11)3-1-2-7-4-8-5-9(7)6-12/h4-5H,1-3,6H2. The molecule has 4 nitrogen and oxygen atoms in total. The molecule has 2 heterocycles. The van der Waals surface area contributed by atoms with E-state index in [1.807, 2.05) is 0 Å². The van der Waals surface area contributed by atoms with Crippen molar-refractivity contribution in [1.29, 1.82) is 0 Å². The van der Waals surface area contributed by atoms with Crippen molar-refractivity contribution >= 4 is 9.84 Å². The molecule has 0 N–H and O–H groups in total. The van der Waals surface area contributed by atoms with E-state index in [-0.39, 0.29) is 5.88 Å². The molecule has 0 radical (unpaired) electrons. The molecule has 0 unspecified atom stereocenters. The second kappa shape index (κ2) is 2.58. The first kappa shape index (κ1) is 7.79. The van der Waals surface area contributed by atoms with Gasteiger partial charge in [-0.2, -0.15) is 0 Å². The number of imidazole rings is 1. The Bertz CT molecular complexity index is 380. The minimum atomic E-state index is -2.88. The smallest absolute Gasteiger partial charge is 0.168 e. The third-order valence-electron chi connectivity index (χ3n) is 2.02. The van der Waals surface area contributed by atoms with Crippen LogP contribution in [0.4, 0.5) is 0 Å². The van der Waals surface area contributed by atoms with Crippen LogP contribution in [-0.4, -0.2) is 23.7 Å². The lowest BCUT2D eigenvalue weighted by molar-refractivity contribution is 0.585. The maximum Gasteiger partial charge on any atom is 0.168 e. The van der Waals surface area contributed by atoms with Gasteiger partial charge in [-0.15, -0.1) is 0 Å². The van der Waals surface area contributed by atoms with Crippen molar-refractivity contribution < 1.29 is 8.42 Å². The van der Waals surface area contributed by atoms with Crippen LogP contribution in [0.2, 0.25) is 0 Å². The monoisotopic (exact) mass is 186 g/mol. The van der Waals surface area contributed by atoms with Gasteiger partial charge in [0.2, 0.25) is 0 Å². The lowest BCUT2D eigenvalue weighted by Crippen LogP contribution is -2.11. The minimum absolute atomic E-state index is 0.0995. The van der Waals surface area contributed by atoms with E-state index in [2.05, 4.69) is 4.98 Å². The number of aryl methyl sites for hydroxylation is 1. The first-order chi connectivity index (χ1) is 5.67. The van der Waals surface area contributed by atoms with Crippen molar-refractivity contribution in [1.82, 2.24) is 9.55 Å². The average Bonchev–Trinajstić information content (AvgIpc) is 2.31. The highest BCUT2D eigenvalue weighted by Gasteiger charge is 2.17. The molecule has 0 saturated heterocycles. The van der Waals surface area contributed by atoms with Crippen LogP contribution in [0.3, 0.4) is 0 Å². The molecule has 1 aromatic rings. The summed E-state index contributed by atoms with van der Waals surface area (Å²) < 4.78 is 24.3. The summed E-state index contributed by atoms with van der Waals surface area (Å²) in [6.45, 7) is 0. The number of nitrogens with zero attached hydrogens (tertiary/aromatic N) is 2. The molecule has 0 aliphatic carbocycles. The zero-order chi connectivity index (χ0) is 8.60. The predicted molar refractivity (Wildman–Crippen MR) is 44.3 cm³/mol. The van der Waals surface area contributed by atoms with Crippen molar-refractivity contribution in [2.75, 3.05) is 5.75 Å². The first-order valence-corrected chi connectivity index (χ1v) is 5.69. The highest BCUT2D eigenvalue weighted by Crippen LogP contribution is 2.12. The van der Waals surface area contributed by atoms with Gasteiger partial charge in [0.05, 0.1) is 12.1 Å². The SMILES string of the molecule is O=S1(=O)CCCc2cncn2C1. The number of hydrogen-bond acceptors (Lipinski definition) is 3. The maximum absolute atomic E-state index is 11.3. The highest BCUT2D eigenvalue weighted by molar-refractivity contribution is 7.90. The molecule has 0 saturated carbocycles. The summed E-state index contributed by atoms with van der Waals surface area (Å²) >= 11 is 0. The summed E-state index contributed by atoms with van der Waals surface area (Å²) in [6.07, 6.45) is 4.85. The lowest BCUT2D eigenvalue weighted by Gasteiger charge is -2.00. The Hall–Kier alpha value is -0.840. The van der Waals surface area contributed by atoms with E-state index in [1.54, 1.807) is 17.1 Å². The van der Waals surface area contributed by atoms with E-state index in [0.717, 1.165) is 12.1 Å². The average molecular weight is 186 g/mol. The van der Waals surface area contributed by atoms with Crippen LogP contribution in [0, 0.1) is 0 Å². The van der Waals surface area contributed by atoms with Crippen molar-refractivity contribution in [2.45, 2.75) is 18.7 Å². The van der Waals surface area contributed by atoms with Crippen molar-refractivity contribution in [3.63, 3.8) is 0 Å². The summed E-state index contributed by atoms with van der Waals surface area (Å²) in [4.78, 5) is 3.91. The van der Waals surface area contributed by atoms with Gasteiger partial charge in [0.1, 0.15) is 5.88 Å². The van der Waals surface area contributed by atoms with E-state index in [0.29, 0.717) is 12.2 Å². The van der Waals surface area contributed by atoms with Crippen LogP contribution in [-0.2, 0) is 22.1 Å². The van der Waals surface area contributed by atoms with Crippen LogP contribution >= 0.6 is 0 Å². The Morgan fingerprint density at radius 1 is 1.50 bits per heavy atom. The van der Waals surface area contributed by atoms with E-state index in [4.69, 9.17) is 0 Å². The van der Waals surface area contributed by atoms with Crippen molar-refractivity contribution in [3.8, 4) is 0 Å². The normalized spacial score (nSPS) is 21.3. The summed E-state index contributed by atoms with van der Waals surface area (Å²) in [7, 11) is -2.88. The van der Waals surface area contributed by atoms with Gasteiger partial charge in [0, 0.05) is 11.9 Å². The minimum Gasteiger partial charge on any atom is -0.320 e. The van der Waals surface area contributed by atoms with Gasteiger partial charge < -0.3 is 4.57 Å². The zero-order valence-electron chi connectivity index (χ0n) is 6.60. The number of rotatable bonds is 0. The molecule has 0 atom stereocenters. The Balaban J connectivity index is 2.42. The van der Waals surface area contributed by atoms with Gasteiger partial charge in [-0.1, -0.05) is 0 Å². The van der Waals surface area contributed by atoms with Gasteiger partial charge in [0.15, 0.2) is 9.84 Å². The van der Waals surface area contributed by atoms with E-state index in [9.17, 15) is 8.42 Å². The Labute approximate surface area is 71.1 Å². The van der Waals surface area contributed by atoms with Crippen LogP contribution in [0.25, 0.3) is 0 Å². The second-order valence-electron chi connectivity index (χ2n) is 3.04. The Morgan fingerprint density at radius 2 is 2.33 bits per heavy atom. The molecule has 1 aromatic heterocycles. The predicted octanol–water partition coefficient (Wildman–Crippen LogP) is 0.202. The summed E-state index contributed by atoms with van der Waals surface area (Å²) in [5, 5.41) is 0. The van der Waals surface area contributed by atoms with Gasteiger partial charge >= 0.3 is 0 Å². The summed E-state index contributed by atoms with van der Waals surface area (Å²) in [5.41, 5.74) is 1.02. The molecule has 1 aliphatic heterocycles. The third-order valence-corrected chi connectivity index (χ3v) is 3.60. The highest BCUT2D eigenvalue weighted by atomic mass is 32.2.